The largest absolute Gasteiger partial charge is 0.307 e. The molecule has 1 aromatic carbocycles. The summed E-state index contributed by atoms with van der Waals surface area (Å²) in [5.41, 5.74) is 3.72. The lowest BCUT2D eigenvalue weighted by Crippen LogP contribution is -2.15. The molecule has 0 saturated heterocycles. The Bertz CT molecular complexity index is 733. The van der Waals surface area contributed by atoms with E-state index in [2.05, 4.69) is 14.7 Å². The number of nitrogens with zero attached hydrogens (tertiary/aromatic N) is 2. The maximum absolute atomic E-state index is 13.5. The van der Waals surface area contributed by atoms with Crippen LogP contribution < -0.4 is 5.32 Å². The van der Waals surface area contributed by atoms with Crippen LogP contribution in [-0.4, -0.2) is 9.38 Å². The van der Waals surface area contributed by atoms with Crippen molar-refractivity contribution in [2.75, 3.05) is 0 Å². The van der Waals surface area contributed by atoms with E-state index in [4.69, 9.17) is 0 Å². The summed E-state index contributed by atoms with van der Waals surface area (Å²) in [7, 11) is 0. The number of halogens is 1. The predicted molar refractivity (Wildman–Crippen MR) is 76.9 cm³/mol. The van der Waals surface area contributed by atoms with Gasteiger partial charge in [0.2, 0.25) is 0 Å². The van der Waals surface area contributed by atoms with Gasteiger partial charge >= 0.3 is 0 Å². The van der Waals surface area contributed by atoms with Gasteiger partial charge in [0.1, 0.15) is 11.5 Å². The summed E-state index contributed by atoms with van der Waals surface area (Å²) in [5, 5.41) is 3.28. The van der Waals surface area contributed by atoms with Crippen LogP contribution in [0.2, 0.25) is 0 Å². The standard InChI is InChI=1S/C16H16FN3/c1-12-15(20-9-5-4-8-16(20)19-12)11-18-10-13-6-2-3-7-14(13)17/h2-9,18H,10-11H2,1H3. The number of benzene rings is 1. The summed E-state index contributed by atoms with van der Waals surface area (Å²) in [4.78, 5) is 4.51. The molecular weight excluding hydrogens is 253 g/mol. The predicted octanol–water partition coefficient (Wildman–Crippen LogP) is 3.07. The number of hydrogen-bond donors (Lipinski definition) is 1. The summed E-state index contributed by atoms with van der Waals surface area (Å²) in [5.74, 6) is -0.171. The average molecular weight is 269 g/mol. The molecule has 102 valence electrons. The van der Waals surface area contributed by atoms with Gasteiger partial charge in [0.05, 0.1) is 11.4 Å². The number of fused-ring (bicyclic) bond motifs is 1. The second kappa shape index (κ2) is 5.43. The highest BCUT2D eigenvalue weighted by molar-refractivity contribution is 5.42. The van der Waals surface area contributed by atoms with Crippen LogP contribution in [0.25, 0.3) is 5.65 Å². The van der Waals surface area contributed by atoms with E-state index in [-0.39, 0.29) is 5.82 Å². The van der Waals surface area contributed by atoms with E-state index < -0.39 is 0 Å². The normalized spacial score (nSPS) is 11.1. The van der Waals surface area contributed by atoms with Crippen LogP contribution in [0.4, 0.5) is 4.39 Å². The molecule has 4 heteroatoms. The molecule has 0 amide bonds. The molecule has 0 radical (unpaired) electrons. The Morgan fingerprint density at radius 3 is 2.75 bits per heavy atom. The van der Waals surface area contributed by atoms with Gasteiger partial charge in [-0.3, -0.25) is 0 Å². The van der Waals surface area contributed by atoms with Crippen LogP contribution in [-0.2, 0) is 13.1 Å². The van der Waals surface area contributed by atoms with Gasteiger partial charge in [-0.25, -0.2) is 9.37 Å². The summed E-state index contributed by atoms with van der Waals surface area (Å²) in [6.07, 6.45) is 2.00. The molecule has 1 N–H and O–H groups in total. The third-order valence-corrected chi connectivity index (χ3v) is 3.39. The van der Waals surface area contributed by atoms with Crippen LogP contribution in [0, 0.1) is 12.7 Å². The first-order valence-corrected chi connectivity index (χ1v) is 6.62. The minimum absolute atomic E-state index is 0.171. The van der Waals surface area contributed by atoms with Gasteiger partial charge in [0.25, 0.3) is 0 Å². The molecule has 0 aliphatic rings. The van der Waals surface area contributed by atoms with Gasteiger partial charge in [-0.2, -0.15) is 0 Å². The Balaban J connectivity index is 1.74. The van der Waals surface area contributed by atoms with E-state index in [0.717, 1.165) is 17.0 Å². The molecule has 3 rings (SSSR count). The molecule has 0 bridgehead atoms. The van der Waals surface area contributed by atoms with Crippen LogP contribution in [0.5, 0.6) is 0 Å². The zero-order valence-corrected chi connectivity index (χ0v) is 11.3. The molecule has 2 heterocycles. The van der Waals surface area contributed by atoms with Crippen LogP contribution in [0.15, 0.2) is 48.7 Å². The Labute approximate surface area is 117 Å². The Morgan fingerprint density at radius 1 is 1.10 bits per heavy atom. The maximum Gasteiger partial charge on any atom is 0.137 e. The lowest BCUT2D eigenvalue weighted by molar-refractivity contribution is 0.584. The second-order valence-electron chi connectivity index (χ2n) is 4.77. The number of nitrogens with one attached hydrogen (secondary N) is 1. The van der Waals surface area contributed by atoms with Gasteiger partial charge in [0.15, 0.2) is 0 Å². The van der Waals surface area contributed by atoms with Gasteiger partial charge in [-0.05, 0) is 25.1 Å². The molecule has 3 nitrogen and oxygen atoms in total. The Morgan fingerprint density at radius 2 is 1.90 bits per heavy atom. The second-order valence-corrected chi connectivity index (χ2v) is 4.77. The van der Waals surface area contributed by atoms with Crippen molar-refractivity contribution >= 4 is 5.65 Å². The summed E-state index contributed by atoms with van der Waals surface area (Å²) < 4.78 is 15.6. The number of hydrogen-bond acceptors (Lipinski definition) is 2. The van der Waals surface area contributed by atoms with E-state index in [9.17, 15) is 4.39 Å². The van der Waals surface area contributed by atoms with Crippen molar-refractivity contribution in [2.24, 2.45) is 0 Å². The first-order chi connectivity index (χ1) is 9.75. The first kappa shape index (κ1) is 12.8. The van der Waals surface area contributed by atoms with Crippen molar-refractivity contribution in [2.45, 2.75) is 20.0 Å². The molecule has 3 aromatic rings. The highest BCUT2D eigenvalue weighted by Crippen LogP contribution is 2.12. The van der Waals surface area contributed by atoms with Crippen molar-refractivity contribution < 1.29 is 4.39 Å². The first-order valence-electron chi connectivity index (χ1n) is 6.62. The molecule has 0 fully saturated rings. The molecular formula is C16H16FN3. The van der Waals surface area contributed by atoms with Crippen molar-refractivity contribution in [3.8, 4) is 0 Å². The van der Waals surface area contributed by atoms with Crippen molar-refractivity contribution in [1.82, 2.24) is 14.7 Å². The third kappa shape index (κ3) is 2.42. The van der Waals surface area contributed by atoms with E-state index in [1.807, 2.05) is 37.4 Å². The Hall–Kier alpha value is -2.20. The zero-order chi connectivity index (χ0) is 13.9. The topological polar surface area (TPSA) is 29.3 Å². The number of aryl methyl sites for hydroxylation is 1. The summed E-state index contributed by atoms with van der Waals surface area (Å²) in [6, 6.07) is 12.8. The lowest BCUT2D eigenvalue weighted by atomic mass is 10.2. The summed E-state index contributed by atoms with van der Waals surface area (Å²) >= 11 is 0. The molecule has 20 heavy (non-hydrogen) atoms. The molecule has 0 saturated carbocycles. The van der Waals surface area contributed by atoms with E-state index in [1.54, 1.807) is 12.1 Å². The zero-order valence-electron chi connectivity index (χ0n) is 11.3. The number of aromatic nitrogens is 2. The highest BCUT2D eigenvalue weighted by atomic mass is 19.1. The molecule has 0 atom stereocenters. The van der Waals surface area contributed by atoms with E-state index in [0.29, 0.717) is 18.7 Å². The number of pyridine rings is 1. The van der Waals surface area contributed by atoms with Crippen LogP contribution >= 0.6 is 0 Å². The molecule has 0 aliphatic carbocycles. The third-order valence-electron chi connectivity index (χ3n) is 3.39. The average Bonchev–Trinajstić information content (AvgIpc) is 2.77. The van der Waals surface area contributed by atoms with Gasteiger partial charge < -0.3 is 9.72 Å². The van der Waals surface area contributed by atoms with Crippen molar-refractivity contribution in [3.05, 3.63) is 71.4 Å². The van der Waals surface area contributed by atoms with Crippen LogP contribution in [0.3, 0.4) is 0 Å². The van der Waals surface area contributed by atoms with E-state index in [1.165, 1.54) is 6.07 Å². The van der Waals surface area contributed by atoms with Crippen LogP contribution in [0.1, 0.15) is 17.0 Å². The molecule has 0 spiro atoms. The summed E-state index contributed by atoms with van der Waals surface area (Å²) in [6.45, 7) is 3.16. The fourth-order valence-electron chi connectivity index (χ4n) is 2.33. The lowest BCUT2D eigenvalue weighted by Gasteiger charge is -2.07. The number of rotatable bonds is 4. The minimum atomic E-state index is -0.171. The SMILES string of the molecule is Cc1nc2ccccn2c1CNCc1ccccc1F. The maximum atomic E-state index is 13.5. The minimum Gasteiger partial charge on any atom is -0.307 e. The van der Waals surface area contributed by atoms with Crippen molar-refractivity contribution in [3.63, 3.8) is 0 Å². The monoisotopic (exact) mass is 269 g/mol. The van der Waals surface area contributed by atoms with Gasteiger partial charge in [0, 0.05) is 24.8 Å². The van der Waals surface area contributed by atoms with Gasteiger partial charge in [-0.1, -0.05) is 24.3 Å². The van der Waals surface area contributed by atoms with Crippen molar-refractivity contribution in [1.29, 1.82) is 0 Å². The molecule has 0 aliphatic heterocycles. The Kier molecular flexibility index (Phi) is 3.48. The fraction of sp³-hybridized carbons (Fsp3) is 0.188. The van der Waals surface area contributed by atoms with E-state index >= 15 is 0 Å². The van der Waals surface area contributed by atoms with Gasteiger partial charge in [-0.15, -0.1) is 0 Å². The smallest absolute Gasteiger partial charge is 0.137 e. The number of imidazole rings is 1. The molecule has 0 unspecified atom stereocenters. The fourth-order valence-corrected chi connectivity index (χ4v) is 2.33. The molecule has 2 aromatic heterocycles. The quantitative estimate of drug-likeness (QED) is 0.788. The highest BCUT2D eigenvalue weighted by Gasteiger charge is 2.07.